The van der Waals surface area contributed by atoms with Crippen molar-refractivity contribution in [2.45, 2.75) is 105 Å². The van der Waals surface area contributed by atoms with E-state index in [-0.39, 0.29) is 10.8 Å². The maximum absolute atomic E-state index is 10.4. The lowest BCUT2D eigenvalue weighted by Crippen LogP contribution is -2.12. The maximum Gasteiger partial charge on any atom is 0.122 e. The van der Waals surface area contributed by atoms with Crippen LogP contribution in [0, 0.1) is 13.8 Å². The molecule has 0 amide bonds. The van der Waals surface area contributed by atoms with E-state index in [1.165, 1.54) is 36.8 Å². The van der Waals surface area contributed by atoms with E-state index in [0.29, 0.717) is 11.5 Å². The summed E-state index contributed by atoms with van der Waals surface area (Å²) in [6, 6.07) is 8.65. The Kier molecular flexibility index (Phi) is 7.66. The zero-order valence-electron chi connectivity index (χ0n) is 20.4. The number of benzene rings is 2. The number of unbranched alkanes of at least 4 members (excludes halogenated alkanes) is 3. The molecule has 2 heteroatoms. The maximum atomic E-state index is 10.4. The minimum Gasteiger partial charge on any atom is -0.507 e. The van der Waals surface area contributed by atoms with E-state index in [1.807, 2.05) is 13.8 Å². The summed E-state index contributed by atoms with van der Waals surface area (Å²) < 4.78 is 0. The molecule has 0 aliphatic rings. The second-order valence-corrected chi connectivity index (χ2v) is 11.0. The van der Waals surface area contributed by atoms with Crippen molar-refractivity contribution >= 4 is 0 Å². The summed E-state index contributed by atoms with van der Waals surface area (Å²) in [5.41, 5.74) is 6.64. The van der Waals surface area contributed by atoms with Gasteiger partial charge in [0.05, 0.1) is 0 Å². The Morgan fingerprint density at radius 1 is 0.567 bits per heavy atom. The van der Waals surface area contributed by atoms with Crippen LogP contribution < -0.4 is 0 Å². The molecule has 2 aromatic carbocycles. The van der Waals surface area contributed by atoms with Gasteiger partial charge in [0, 0.05) is 0 Å². The fourth-order valence-electron chi connectivity index (χ4n) is 4.15. The number of aryl methyl sites for hydroxylation is 4. The van der Waals surface area contributed by atoms with Gasteiger partial charge < -0.3 is 10.2 Å². The summed E-state index contributed by atoms with van der Waals surface area (Å²) in [5.74, 6) is 0.898. The van der Waals surface area contributed by atoms with Crippen LogP contribution in [0.2, 0.25) is 0 Å². The van der Waals surface area contributed by atoms with Crippen LogP contribution in [0.5, 0.6) is 11.5 Å². The van der Waals surface area contributed by atoms with Crippen LogP contribution in [0.4, 0.5) is 0 Å². The first kappa shape index (κ1) is 24.3. The summed E-state index contributed by atoms with van der Waals surface area (Å²) >= 11 is 0. The molecule has 2 aromatic rings. The molecule has 30 heavy (non-hydrogen) atoms. The molecular weight excluding hydrogens is 368 g/mol. The van der Waals surface area contributed by atoms with Crippen LogP contribution >= 0.6 is 0 Å². The zero-order chi connectivity index (χ0) is 22.7. The average molecular weight is 411 g/mol. The van der Waals surface area contributed by atoms with Crippen LogP contribution in [0.1, 0.15) is 101 Å². The van der Waals surface area contributed by atoms with E-state index in [4.69, 9.17) is 0 Å². The number of hydrogen-bond acceptors (Lipinski definition) is 2. The third-order valence-electron chi connectivity index (χ3n) is 6.02. The Hall–Kier alpha value is -1.96. The molecule has 0 atom stereocenters. The minimum absolute atomic E-state index is 0.0426. The Labute approximate surface area is 184 Å². The van der Waals surface area contributed by atoms with Crippen molar-refractivity contribution in [1.29, 1.82) is 0 Å². The van der Waals surface area contributed by atoms with Gasteiger partial charge in [0.2, 0.25) is 0 Å². The van der Waals surface area contributed by atoms with Gasteiger partial charge in [-0.15, -0.1) is 0 Å². The molecule has 0 unspecified atom stereocenters. The van der Waals surface area contributed by atoms with Crippen molar-refractivity contribution < 1.29 is 10.2 Å². The van der Waals surface area contributed by atoms with Gasteiger partial charge in [-0.1, -0.05) is 78.6 Å². The third-order valence-corrected chi connectivity index (χ3v) is 6.02. The summed E-state index contributed by atoms with van der Waals surface area (Å²) in [6.45, 7) is 16.9. The van der Waals surface area contributed by atoms with E-state index in [1.54, 1.807) is 0 Å². The highest BCUT2D eigenvalue weighted by atomic mass is 16.3. The molecule has 0 bridgehead atoms. The lowest BCUT2D eigenvalue weighted by molar-refractivity contribution is 0.441. The molecule has 0 heterocycles. The summed E-state index contributed by atoms with van der Waals surface area (Å²) in [5, 5.41) is 20.8. The standard InChI is InChI=1S/C28H42O2/c1-19-15-21(17-23(25(19)29)27(3,4)5)13-11-9-10-12-14-22-16-20(2)26(30)24(18-22)28(6,7)8/h15-18,29-30H,9-14H2,1-8H3. The van der Waals surface area contributed by atoms with Gasteiger partial charge >= 0.3 is 0 Å². The summed E-state index contributed by atoms with van der Waals surface area (Å²) in [7, 11) is 0. The van der Waals surface area contributed by atoms with Crippen LogP contribution in [-0.4, -0.2) is 10.2 Å². The largest absolute Gasteiger partial charge is 0.507 e. The predicted molar refractivity (Wildman–Crippen MR) is 129 cm³/mol. The third kappa shape index (κ3) is 6.27. The normalized spacial score (nSPS) is 12.4. The number of phenols is 2. The molecule has 2 N–H and O–H groups in total. The molecule has 2 nitrogen and oxygen atoms in total. The van der Waals surface area contributed by atoms with Crippen LogP contribution in [-0.2, 0) is 23.7 Å². The molecule has 0 aromatic heterocycles. The lowest BCUT2D eigenvalue weighted by atomic mass is 9.83. The van der Waals surface area contributed by atoms with E-state index < -0.39 is 0 Å². The van der Waals surface area contributed by atoms with E-state index in [2.05, 4.69) is 65.8 Å². The van der Waals surface area contributed by atoms with Crippen LogP contribution in [0.25, 0.3) is 0 Å². The van der Waals surface area contributed by atoms with Crippen molar-refractivity contribution in [3.63, 3.8) is 0 Å². The molecule has 0 spiro atoms. The zero-order valence-corrected chi connectivity index (χ0v) is 20.4. The van der Waals surface area contributed by atoms with Crippen molar-refractivity contribution in [2.24, 2.45) is 0 Å². The first-order valence-electron chi connectivity index (χ1n) is 11.5. The fourth-order valence-corrected chi connectivity index (χ4v) is 4.15. The Morgan fingerprint density at radius 2 is 0.900 bits per heavy atom. The van der Waals surface area contributed by atoms with Crippen molar-refractivity contribution in [3.8, 4) is 11.5 Å². The number of aromatic hydroxyl groups is 2. The van der Waals surface area contributed by atoms with E-state index in [9.17, 15) is 10.2 Å². The van der Waals surface area contributed by atoms with Crippen LogP contribution in [0.3, 0.4) is 0 Å². The smallest absolute Gasteiger partial charge is 0.122 e. The Bertz CT molecular complexity index is 790. The lowest BCUT2D eigenvalue weighted by Gasteiger charge is -2.23. The van der Waals surface area contributed by atoms with E-state index >= 15 is 0 Å². The van der Waals surface area contributed by atoms with Crippen LogP contribution in [0.15, 0.2) is 24.3 Å². The highest BCUT2D eigenvalue weighted by Crippen LogP contribution is 2.35. The van der Waals surface area contributed by atoms with Gasteiger partial charge in [-0.05, 0) is 83.7 Å². The van der Waals surface area contributed by atoms with Gasteiger partial charge in [0.15, 0.2) is 0 Å². The first-order valence-corrected chi connectivity index (χ1v) is 11.5. The molecule has 0 saturated carbocycles. The van der Waals surface area contributed by atoms with Gasteiger partial charge in [-0.3, -0.25) is 0 Å². The molecule has 0 aliphatic heterocycles. The highest BCUT2D eigenvalue weighted by Gasteiger charge is 2.21. The minimum atomic E-state index is -0.0426. The molecule has 166 valence electrons. The molecular formula is C28H42O2. The number of hydrogen-bond donors (Lipinski definition) is 2. The van der Waals surface area contributed by atoms with Gasteiger partial charge in [-0.2, -0.15) is 0 Å². The predicted octanol–water partition coefficient (Wildman–Crippen LogP) is 7.66. The van der Waals surface area contributed by atoms with Crippen molar-refractivity contribution in [2.75, 3.05) is 0 Å². The van der Waals surface area contributed by atoms with Crippen molar-refractivity contribution in [1.82, 2.24) is 0 Å². The monoisotopic (exact) mass is 410 g/mol. The molecule has 0 aliphatic carbocycles. The van der Waals surface area contributed by atoms with E-state index in [0.717, 1.165) is 35.1 Å². The Balaban J connectivity index is 1.88. The first-order chi connectivity index (χ1) is 13.8. The molecule has 2 rings (SSSR count). The Morgan fingerprint density at radius 3 is 1.20 bits per heavy atom. The van der Waals surface area contributed by atoms with Gasteiger partial charge in [0.25, 0.3) is 0 Å². The second kappa shape index (κ2) is 9.45. The summed E-state index contributed by atoms with van der Waals surface area (Å²) in [6.07, 6.45) is 6.92. The average Bonchev–Trinajstić information content (AvgIpc) is 2.61. The summed E-state index contributed by atoms with van der Waals surface area (Å²) in [4.78, 5) is 0. The highest BCUT2D eigenvalue weighted by molar-refractivity contribution is 5.47. The molecule has 0 fully saturated rings. The van der Waals surface area contributed by atoms with Gasteiger partial charge in [-0.25, -0.2) is 0 Å². The van der Waals surface area contributed by atoms with Gasteiger partial charge in [0.1, 0.15) is 11.5 Å². The number of rotatable bonds is 7. The molecule has 0 radical (unpaired) electrons. The topological polar surface area (TPSA) is 40.5 Å². The molecule has 0 saturated heterocycles. The SMILES string of the molecule is Cc1cc(CCCCCCc2cc(C)c(O)c(C(C)(C)C)c2)cc(C(C)(C)C)c1O. The fraction of sp³-hybridized carbons (Fsp3) is 0.571. The quantitative estimate of drug-likeness (QED) is 0.460. The van der Waals surface area contributed by atoms with Crippen molar-refractivity contribution in [3.05, 3.63) is 57.6 Å². The number of phenolic OH excluding ortho intramolecular Hbond substituents is 2. The second-order valence-electron chi connectivity index (χ2n) is 11.0.